The summed E-state index contributed by atoms with van der Waals surface area (Å²) >= 11 is 1.75. The molecule has 2 N–H and O–H groups in total. The summed E-state index contributed by atoms with van der Waals surface area (Å²) in [6, 6.07) is 8.12. The minimum atomic E-state index is 0.542. The van der Waals surface area contributed by atoms with Gasteiger partial charge in [-0.2, -0.15) is 0 Å². The molecule has 0 saturated heterocycles. The molecule has 3 rings (SSSR count). The number of aromatic nitrogens is 2. The van der Waals surface area contributed by atoms with Crippen molar-refractivity contribution in [2.45, 2.75) is 26.7 Å². The normalized spacial score (nSPS) is 13.2. The van der Waals surface area contributed by atoms with Gasteiger partial charge in [0.05, 0.1) is 15.2 Å². The fraction of sp³-hybridized carbons (Fsp3) is 0.333. The number of rotatable bonds is 3. The van der Waals surface area contributed by atoms with E-state index in [-0.39, 0.29) is 0 Å². The predicted molar refractivity (Wildman–Crippen MR) is 82.5 cm³/mol. The molecule has 0 bridgehead atoms. The van der Waals surface area contributed by atoms with Crippen LogP contribution in [0.15, 0.2) is 24.3 Å². The van der Waals surface area contributed by atoms with Crippen LogP contribution in [0.25, 0.3) is 21.1 Å². The van der Waals surface area contributed by atoms with E-state index in [0.717, 1.165) is 27.8 Å². The number of hydrogen-bond acceptors (Lipinski definition) is 4. The van der Waals surface area contributed by atoms with E-state index in [9.17, 15) is 0 Å². The summed E-state index contributed by atoms with van der Waals surface area (Å²) in [7, 11) is 0. The predicted octanol–water partition coefficient (Wildman–Crippen LogP) is 4.02. The highest BCUT2D eigenvalue weighted by Crippen LogP contribution is 2.33. The molecule has 0 spiro atoms. The zero-order valence-electron chi connectivity index (χ0n) is 11.2. The van der Waals surface area contributed by atoms with Crippen LogP contribution in [0.1, 0.15) is 25.3 Å². The molecule has 1 atom stereocenters. The Kier molecular flexibility index (Phi) is 3.11. The fourth-order valence-corrected chi connectivity index (χ4v) is 3.47. The Bertz CT molecular complexity index is 733. The average Bonchev–Trinajstić information content (AvgIpc) is 2.83. The van der Waals surface area contributed by atoms with Crippen molar-refractivity contribution >= 4 is 38.3 Å². The van der Waals surface area contributed by atoms with Gasteiger partial charge in [0.2, 0.25) is 0 Å². The van der Waals surface area contributed by atoms with Gasteiger partial charge in [-0.1, -0.05) is 38.5 Å². The van der Waals surface area contributed by atoms with E-state index in [2.05, 4.69) is 29.9 Å². The van der Waals surface area contributed by atoms with Crippen LogP contribution in [0, 0.1) is 5.92 Å². The molecule has 3 nitrogen and oxygen atoms in total. The fourth-order valence-electron chi connectivity index (χ4n) is 2.20. The van der Waals surface area contributed by atoms with Crippen LogP contribution in [0.2, 0.25) is 0 Å². The van der Waals surface area contributed by atoms with Crippen LogP contribution in [0.5, 0.6) is 0 Å². The van der Waals surface area contributed by atoms with Gasteiger partial charge in [0, 0.05) is 11.8 Å². The molecule has 0 aliphatic carbocycles. The van der Waals surface area contributed by atoms with Crippen LogP contribution < -0.4 is 5.73 Å². The number of anilines is 1. The highest BCUT2D eigenvalue weighted by atomic mass is 32.1. The first-order chi connectivity index (χ1) is 9.19. The van der Waals surface area contributed by atoms with Gasteiger partial charge in [-0.3, -0.25) is 0 Å². The highest BCUT2D eigenvalue weighted by molar-refractivity contribution is 7.19. The van der Waals surface area contributed by atoms with Crippen molar-refractivity contribution < 1.29 is 0 Å². The van der Waals surface area contributed by atoms with Gasteiger partial charge >= 0.3 is 0 Å². The number of fused-ring (bicyclic) bond motifs is 3. The molecule has 0 unspecified atom stereocenters. The number of para-hydroxylation sites is 1. The van der Waals surface area contributed by atoms with Gasteiger partial charge in [0.15, 0.2) is 5.82 Å². The van der Waals surface area contributed by atoms with E-state index in [1.807, 2.05) is 18.2 Å². The molecule has 0 aliphatic heterocycles. The second-order valence-electron chi connectivity index (χ2n) is 5.02. The molecule has 0 amide bonds. The van der Waals surface area contributed by atoms with Gasteiger partial charge in [0.25, 0.3) is 0 Å². The second kappa shape index (κ2) is 4.78. The first-order valence-corrected chi connectivity index (χ1v) is 7.44. The number of hydrogen-bond donors (Lipinski definition) is 1. The summed E-state index contributed by atoms with van der Waals surface area (Å²) in [5, 5.41) is 2.31. The largest absolute Gasteiger partial charge is 0.382 e. The van der Waals surface area contributed by atoms with E-state index in [1.54, 1.807) is 11.3 Å². The molecule has 98 valence electrons. The smallest absolute Gasteiger partial charge is 0.151 e. The lowest BCUT2D eigenvalue weighted by Crippen LogP contribution is -1.97. The molecule has 2 aromatic heterocycles. The standard InChI is InChI=1S/C15H17N3S/c1-3-9(2)8-12-18-13-14(19-12)10-6-4-5-7-11(10)17-15(13)16/h4-7,9H,3,8H2,1-2H3,(H2,16,17)/t9-/m0/s1. The molecule has 4 heteroatoms. The maximum Gasteiger partial charge on any atom is 0.151 e. The molecule has 1 aromatic carbocycles. The van der Waals surface area contributed by atoms with Crippen molar-refractivity contribution in [3.05, 3.63) is 29.3 Å². The van der Waals surface area contributed by atoms with E-state index in [0.29, 0.717) is 11.7 Å². The van der Waals surface area contributed by atoms with E-state index in [4.69, 9.17) is 5.73 Å². The maximum absolute atomic E-state index is 6.03. The van der Waals surface area contributed by atoms with Gasteiger partial charge in [-0.25, -0.2) is 9.97 Å². The Morgan fingerprint density at radius 3 is 2.84 bits per heavy atom. The average molecular weight is 271 g/mol. The van der Waals surface area contributed by atoms with Crippen molar-refractivity contribution in [2.75, 3.05) is 5.73 Å². The van der Waals surface area contributed by atoms with Crippen LogP contribution in [-0.4, -0.2) is 9.97 Å². The first-order valence-electron chi connectivity index (χ1n) is 6.62. The highest BCUT2D eigenvalue weighted by Gasteiger charge is 2.13. The molecule has 0 aliphatic rings. The third-order valence-electron chi connectivity index (χ3n) is 3.52. The monoisotopic (exact) mass is 271 g/mol. The SMILES string of the molecule is CC[C@H](C)Cc1nc2c(N)nc3ccccc3c2s1. The molecular weight excluding hydrogens is 254 g/mol. The number of pyridine rings is 1. The molecule has 0 saturated carbocycles. The summed E-state index contributed by atoms with van der Waals surface area (Å²) in [5.41, 5.74) is 7.85. The van der Waals surface area contributed by atoms with Crippen molar-refractivity contribution in [1.82, 2.24) is 9.97 Å². The number of thiazole rings is 1. The molecule has 0 fully saturated rings. The van der Waals surface area contributed by atoms with Crippen LogP contribution in [0.3, 0.4) is 0 Å². The molecule has 0 radical (unpaired) electrons. The summed E-state index contributed by atoms with van der Waals surface area (Å²) in [6.07, 6.45) is 2.19. The molecular formula is C15H17N3S. The Labute approximate surface area is 116 Å². The Morgan fingerprint density at radius 1 is 1.26 bits per heavy atom. The number of nitrogens with zero attached hydrogens (tertiary/aromatic N) is 2. The Balaban J connectivity index is 2.20. The summed E-state index contributed by atoms with van der Waals surface area (Å²) in [4.78, 5) is 9.12. The zero-order chi connectivity index (χ0) is 13.4. The van der Waals surface area contributed by atoms with Crippen LogP contribution >= 0.6 is 11.3 Å². The first kappa shape index (κ1) is 12.4. The quantitative estimate of drug-likeness (QED) is 0.783. The number of nitrogen functional groups attached to an aromatic ring is 1. The summed E-state index contributed by atoms with van der Waals surface area (Å²) < 4.78 is 1.17. The van der Waals surface area contributed by atoms with Crippen molar-refractivity contribution in [1.29, 1.82) is 0 Å². The van der Waals surface area contributed by atoms with Crippen molar-refractivity contribution in [3.8, 4) is 0 Å². The van der Waals surface area contributed by atoms with Gasteiger partial charge < -0.3 is 5.73 Å². The Hall–Kier alpha value is -1.68. The van der Waals surface area contributed by atoms with Gasteiger partial charge in [-0.05, 0) is 12.0 Å². The zero-order valence-corrected chi connectivity index (χ0v) is 12.0. The lowest BCUT2D eigenvalue weighted by molar-refractivity contribution is 0.559. The lowest BCUT2D eigenvalue weighted by atomic mass is 10.1. The topological polar surface area (TPSA) is 51.8 Å². The van der Waals surface area contributed by atoms with Crippen molar-refractivity contribution in [3.63, 3.8) is 0 Å². The minimum absolute atomic E-state index is 0.542. The van der Waals surface area contributed by atoms with Crippen LogP contribution in [-0.2, 0) is 6.42 Å². The minimum Gasteiger partial charge on any atom is -0.382 e. The second-order valence-corrected chi connectivity index (χ2v) is 6.10. The number of nitrogens with two attached hydrogens (primary N) is 1. The summed E-state index contributed by atoms with van der Waals surface area (Å²) in [5.74, 6) is 1.20. The third-order valence-corrected chi connectivity index (χ3v) is 4.63. The molecule has 19 heavy (non-hydrogen) atoms. The van der Waals surface area contributed by atoms with Gasteiger partial charge in [-0.15, -0.1) is 11.3 Å². The third kappa shape index (κ3) is 2.16. The Morgan fingerprint density at radius 2 is 2.05 bits per heavy atom. The van der Waals surface area contributed by atoms with E-state index in [1.165, 1.54) is 11.1 Å². The molecule has 3 aromatic rings. The van der Waals surface area contributed by atoms with Crippen LogP contribution in [0.4, 0.5) is 5.82 Å². The summed E-state index contributed by atoms with van der Waals surface area (Å²) in [6.45, 7) is 4.47. The lowest BCUT2D eigenvalue weighted by Gasteiger charge is -2.03. The number of benzene rings is 1. The van der Waals surface area contributed by atoms with Gasteiger partial charge in [0.1, 0.15) is 5.52 Å². The van der Waals surface area contributed by atoms with E-state index >= 15 is 0 Å². The van der Waals surface area contributed by atoms with E-state index < -0.39 is 0 Å². The van der Waals surface area contributed by atoms with Crippen molar-refractivity contribution in [2.24, 2.45) is 5.92 Å². The molecule has 2 heterocycles. The maximum atomic E-state index is 6.03.